The van der Waals surface area contributed by atoms with Crippen LogP contribution in [-0.2, 0) is 19.6 Å². The van der Waals surface area contributed by atoms with Crippen molar-refractivity contribution in [1.82, 2.24) is 10.0 Å². The van der Waals surface area contributed by atoms with Gasteiger partial charge >= 0.3 is 5.97 Å². The van der Waals surface area contributed by atoms with Crippen molar-refractivity contribution < 1.29 is 22.7 Å². The zero-order valence-corrected chi connectivity index (χ0v) is 16.4. The molecule has 144 valence electrons. The molecule has 26 heavy (non-hydrogen) atoms. The Morgan fingerprint density at radius 2 is 1.88 bits per heavy atom. The van der Waals surface area contributed by atoms with Crippen molar-refractivity contribution in [2.75, 3.05) is 6.61 Å². The first kappa shape index (κ1) is 20.4. The van der Waals surface area contributed by atoms with E-state index in [-0.39, 0.29) is 28.5 Å². The number of benzene rings is 1. The number of sulfonamides is 1. The molecule has 2 N–H and O–H groups in total. The van der Waals surface area contributed by atoms with Gasteiger partial charge in [-0.1, -0.05) is 19.9 Å². The second-order valence-corrected chi connectivity index (χ2v) is 8.76. The van der Waals surface area contributed by atoms with Gasteiger partial charge in [0.1, 0.15) is 0 Å². The summed E-state index contributed by atoms with van der Waals surface area (Å²) in [5, 5.41) is 2.74. The first-order valence-electron chi connectivity index (χ1n) is 8.69. The van der Waals surface area contributed by atoms with Gasteiger partial charge in [-0.25, -0.2) is 17.9 Å². The molecule has 0 saturated heterocycles. The van der Waals surface area contributed by atoms with Crippen LogP contribution in [0.15, 0.2) is 23.1 Å². The van der Waals surface area contributed by atoms with Gasteiger partial charge in [-0.05, 0) is 50.3 Å². The third-order valence-corrected chi connectivity index (χ3v) is 5.88. The lowest BCUT2D eigenvalue weighted by Crippen LogP contribution is -2.38. The number of carbonyl (C=O) groups is 2. The molecule has 1 atom stereocenters. The Morgan fingerprint density at radius 1 is 1.23 bits per heavy atom. The van der Waals surface area contributed by atoms with Crippen molar-refractivity contribution in [1.29, 1.82) is 0 Å². The van der Waals surface area contributed by atoms with Crippen LogP contribution in [0.2, 0.25) is 0 Å². The van der Waals surface area contributed by atoms with Crippen molar-refractivity contribution in [3.05, 3.63) is 29.3 Å². The van der Waals surface area contributed by atoms with E-state index in [1.165, 1.54) is 12.1 Å². The van der Waals surface area contributed by atoms with Crippen LogP contribution < -0.4 is 10.0 Å². The Hall–Kier alpha value is -1.93. The van der Waals surface area contributed by atoms with E-state index in [1.54, 1.807) is 13.0 Å². The summed E-state index contributed by atoms with van der Waals surface area (Å²) < 4.78 is 32.2. The summed E-state index contributed by atoms with van der Waals surface area (Å²) in [7, 11) is -3.66. The molecule has 8 heteroatoms. The number of ether oxygens (including phenoxy) is 1. The number of aryl methyl sites for hydroxylation is 1. The Labute approximate surface area is 154 Å². The van der Waals surface area contributed by atoms with E-state index < -0.39 is 28.5 Å². The molecule has 1 aliphatic rings. The van der Waals surface area contributed by atoms with E-state index >= 15 is 0 Å². The highest BCUT2D eigenvalue weighted by atomic mass is 32.2. The standard InChI is InChI=1S/C18H26N2O5S/c1-11(2)13(4)19-17(21)10-25-18(22)16-9-15(8-5-12(16)3)26(23,24)20-14-6-7-14/h5,8-9,11,13-14,20H,6-7,10H2,1-4H3,(H,19,21). The molecular weight excluding hydrogens is 356 g/mol. The van der Waals surface area contributed by atoms with Gasteiger partial charge in [-0.2, -0.15) is 0 Å². The highest BCUT2D eigenvalue weighted by Gasteiger charge is 2.28. The highest BCUT2D eigenvalue weighted by molar-refractivity contribution is 7.89. The normalized spacial score (nSPS) is 15.6. The summed E-state index contributed by atoms with van der Waals surface area (Å²) in [5.74, 6) is -0.854. The van der Waals surface area contributed by atoms with Crippen molar-refractivity contribution in [2.24, 2.45) is 5.92 Å². The molecule has 0 radical (unpaired) electrons. The van der Waals surface area contributed by atoms with Crippen LogP contribution in [0.5, 0.6) is 0 Å². The summed E-state index contributed by atoms with van der Waals surface area (Å²) in [6.45, 7) is 7.09. The second-order valence-electron chi connectivity index (χ2n) is 7.05. The Kier molecular flexibility index (Phi) is 6.41. The Balaban J connectivity index is 2.04. The van der Waals surface area contributed by atoms with E-state index in [0.29, 0.717) is 5.56 Å². The number of nitrogens with one attached hydrogen (secondary N) is 2. The molecule has 1 saturated carbocycles. The van der Waals surface area contributed by atoms with E-state index in [4.69, 9.17) is 4.74 Å². The van der Waals surface area contributed by atoms with Gasteiger partial charge in [0, 0.05) is 12.1 Å². The Morgan fingerprint density at radius 3 is 2.46 bits per heavy atom. The van der Waals surface area contributed by atoms with Crippen LogP contribution in [0.3, 0.4) is 0 Å². The zero-order valence-electron chi connectivity index (χ0n) is 15.5. The third kappa shape index (κ3) is 5.54. The fourth-order valence-electron chi connectivity index (χ4n) is 2.15. The average molecular weight is 382 g/mol. The summed E-state index contributed by atoms with van der Waals surface area (Å²) >= 11 is 0. The fraction of sp³-hybridized carbons (Fsp3) is 0.556. The first-order chi connectivity index (χ1) is 12.1. The lowest BCUT2D eigenvalue weighted by atomic mass is 10.1. The monoisotopic (exact) mass is 382 g/mol. The van der Waals surface area contributed by atoms with Gasteiger partial charge in [-0.3, -0.25) is 4.79 Å². The molecule has 0 spiro atoms. The van der Waals surface area contributed by atoms with Gasteiger partial charge in [0.25, 0.3) is 5.91 Å². The van der Waals surface area contributed by atoms with E-state index in [1.807, 2.05) is 20.8 Å². The van der Waals surface area contributed by atoms with Gasteiger partial charge in [0.05, 0.1) is 10.5 Å². The summed E-state index contributed by atoms with van der Waals surface area (Å²) in [6.07, 6.45) is 1.65. The fourth-order valence-corrected chi connectivity index (χ4v) is 3.48. The van der Waals surface area contributed by atoms with Crippen molar-refractivity contribution >= 4 is 21.9 Å². The molecule has 1 aromatic rings. The van der Waals surface area contributed by atoms with Crippen LogP contribution in [0.25, 0.3) is 0 Å². The predicted molar refractivity (Wildman–Crippen MR) is 97.2 cm³/mol. The molecule has 0 heterocycles. The summed E-state index contributed by atoms with van der Waals surface area (Å²) in [4.78, 5) is 24.1. The van der Waals surface area contributed by atoms with Crippen LogP contribution in [0, 0.1) is 12.8 Å². The number of hydrogen-bond donors (Lipinski definition) is 2. The van der Waals surface area contributed by atoms with Gasteiger partial charge in [0.2, 0.25) is 10.0 Å². The minimum atomic E-state index is -3.66. The molecule has 1 aliphatic carbocycles. The van der Waals surface area contributed by atoms with Crippen molar-refractivity contribution in [3.8, 4) is 0 Å². The van der Waals surface area contributed by atoms with Gasteiger partial charge in [0.15, 0.2) is 6.61 Å². The molecular formula is C18H26N2O5S. The van der Waals surface area contributed by atoms with Crippen LogP contribution in [-0.4, -0.2) is 39.0 Å². The number of hydrogen-bond acceptors (Lipinski definition) is 5. The maximum atomic E-state index is 12.3. The summed E-state index contributed by atoms with van der Waals surface area (Å²) in [5.41, 5.74) is 0.713. The minimum Gasteiger partial charge on any atom is -0.452 e. The topological polar surface area (TPSA) is 102 Å². The molecule has 7 nitrogen and oxygen atoms in total. The molecule has 2 rings (SSSR count). The van der Waals surface area contributed by atoms with Crippen LogP contribution >= 0.6 is 0 Å². The quantitative estimate of drug-likeness (QED) is 0.667. The summed E-state index contributed by atoms with van der Waals surface area (Å²) in [6, 6.07) is 4.23. The van der Waals surface area contributed by atoms with Crippen molar-refractivity contribution in [2.45, 2.75) is 57.5 Å². The average Bonchev–Trinajstić information content (AvgIpc) is 3.35. The molecule has 0 aliphatic heterocycles. The van der Waals surface area contributed by atoms with Gasteiger partial charge in [-0.15, -0.1) is 0 Å². The van der Waals surface area contributed by atoms with Crippen LogP contribution in [0.1, 0.15) is 49.5 Å². The lowest BCUT2D eigenvalue weighted by Gasteiger charge is -2.17. The Bertz CT molecular complexity index is 785. The van der Waals surface area contributed by atoms with E-state index in [0.717, 1.165) is 12.8 Å². The van der Waals surface area contributed by atoms with Crippen LogP contribution in [0.4, 0.5) is 0 Å². The first-order valence-corrected chi connectivity index (χ1v) is 10.2. The molecule has 0 aromatic heterocycles. The molecule has 1 unspecified atom stereocenters. The smallest absolute Gasteiger partial charge is 0.338 e. The number of esters is 1. The maximum absolute atomic E-state index is 12.3. The number of rotatable bonds is 8. The SMILES string of the molecule is Cc1ccc(S(=O)(=O)NC2CC2)cc1C(=O)OCC(=O)NC(C)C(C)C. The minimum absolute atomic E-state index is 0.0137. The molecule has 1 aromatic carbocycles. The maximum Gasteiger partial charge on any atom is 0.338 e. The third-order valence-electron chi connectivity index (χ3n) is 4.36. The lowest BCUT2D eigenvalue weighted by molar-refractivity contribution is -0.125. The largest absolute Gasteiger partial charge is 0.452 e. The van der Waals surface area contributed by atoms with Crippen molar-refractivity contribution in [3.63, 3.8) is 0 Å². The van der Waals surface area contributed by atoms with Gasteiger partial charge < -0.3 is 10.1 Å². The van der Waals surface area contributed by atoms with E-state index in [2.05, 4.69) is 10.0 Å². The molecule has 1 fully saturated rings. The second kappa shape index (κ2) is 8.18. The number of carbonyl (C=O) groups excluding carboxylic acids is 2. The van der Waals surface area contributed by atoms with E-state index in [9.17, 15) is 18.0 Å². The number of amides is 1. The molecule has 1 amide bonds. The predicted octanol–water partition coefficient (Wildman–Crippen LogP) is 1.75. The highest BCUT2D eigenvalue weighted by Crippen LogP contribution is 2.23. The molecule has 0 bridgehead atoms. The zero-order chi connectivity index (χ0) is 19.5.